The fourth-order valence-corrected chi connectivity index (χ4v) is 3.29. The Morgan fingerprint density at radius 1 is 1.48 bits per heavy atom. The fraction of sp³-hybridized carbons (Fsp3) is 0.182. The van der Waals surface area contributed by atoms with Crippen LogP contribution in [0.3, 0.4) is 0 Å². The van der Waals surface area contributed by atoms with Crippen LogP contribution in [0.1, 0.15) is 5.69 Å². The van der Waals surface area contributed by atoms with Crippen LogP contribution in [0, 0.1) is 17.0 Å². The van der Waals surface area contributed by atoms with Crippen LogP contribution in [0.5, 0.6) is 0 Å². The quantitative estimate of drug-likeness (QED) is 0.537. The van der Waals surface area contributed by atoms with E-state index in [4.69, 9.17) is 4.42 Å². The molecule has 10 heteroatoms. The Balaban J connectivity index is 1.93. The van der Waals surface area contributed by atoms with Crippen molar-refractivity contribution in [3.05, 3.63) is 33.3 Å². The van der Waals surface area contributed by atoms with E-state index in [0.29, 0.717) is 16.6 Å². The van der Waals surface area contributed by atoms with Crippen LogP contribution in [0.4, 0.5) is 5.69 Å². The summed E-state index contributed by atoms with van der Waals surface area (Å²) in [5, 5.41) is 25.5. The monoisotopic (exact) mass is 323 g/mol. The highest BCUT2D eigenvalue weighted by atomic mass is 32.2. The molecule has 108 valence electrons. The van der Waals surface area contributed by atoms with Gasteiger partial charge in [-0.05, 0) is 30.1 Å². The lowest BCUT2D eigenvalue weighted by molar-refractivity contribution is -0.388. The molecule has 0 aliphatic rings. The number of aryl methyl sites for hydroxylation is 2. The molecular formula is C11H9N5O3S2. The summed E-state index contributed by atoms with van der Waals surface area (Å²) in [7, 11) is 1.64. The molecule has 0 fully saturated rings. The molecule has 0 aromatic carbocycles. The van der Waals surface area contributed by atoms with Crippen molar-refractivity contribution in [3.63, 3.8) is 0 Å². The second-order valence-corrected chi connectivity index (χ2v) is 5.96. The van der Waals surface area contributed by atoms with E-state index >= 15 is 0 Å². The number of nitro groups is 1. The maximum atomic E-state index is 11.1. The average Bonchev–Trinajstić information content (AvgIpc) is 3.11. The Morgan fingerprint density at radius 3 is 2.95 bits per heavy atom. The average molecular weight is 323 g/mol. The van der Waals surface area contributed by atoms with Gasteiger partial charge in [0.2, 0.25) is 0 Å². The third-order valence-corrected chi connectivity index (χ3v) is 4.49. The van der Waals surface area contributed by atoms with Crippen LogP contribution in [-0.2, 0) is 7.05 Å². The Hall–Kier alpha value is -2.20. The Labute approximate surface area is 127 Å². The lowest BCUT2D eigenvalue weighted by atomic mass is 10.4. The predicted octanol–water partition coefficient (Wildman–Crippen LogP) is 2.90. The molecule has 0 aliphatic carbocycles. The highest BCUT2D eigenvalue weighted by Crippen LogP contribution is 2.36. The number of hydrogen-bond acceptors (Lipinski definition) is 8. The van der Waals surface area contributed by atoms with E-state index < -0.39 is 4.92 Å². The molecule has 0 spiro atoms. The first-order valence-corrected chi connectivity index (χ1v) is 7.49. The van der Waals surface area contributed by atoms with E-state index in [9.17, 15) is 10.1 Å². The largest absolute Gasteiger partial charge is 0.410 e. The summed E-state index contributed by atoms with van der Waals surface area (Å²) < 4.78 is 6.96. The molecule has 0 saturated carbocycles. The van der Waals surface area contributed by atoms with Crippen molar-refractivity contribution in [2.75, 3.05) is 0 Å². The van der Waals surface area contributed by atoms with E-state index in [1.807, 2.05) is 17.5 Å². The molecule has 0 radical (unpaired) electrons. The third kappa shape index (κ3) is 2.54. The zero-order valence-electron chi connectivity index (χ0n) is 11.0. The van der Waals surface area contributed by atoms with Crippen LogP contribution in [0.25, 0.3) is 10.8 Å². The lowest BCUT2D eigenvalue weighted by Crippen LogP contribution is -1.94. The summed E-state index contributed by atoms with van der Waals surface area (Å²) in [6, 6.07) is 3.75. The van der Waals surface area contributed by atoms with Crippen molar-refractivity contribution in [2.45, 2.75) is 17.2 Å². The van der Waals surface area contributed by atoms with Crippen LogP contribution in [0.2, 0.25) is 0 Å². The Morgan fingerprint density at radius 2 is 2.29 bits per heavy atom. The molecule has 3 aromatic rings. The summed E-state index contributed by atoms with van der Waals surface area (Å²) in [5.41, 5.74) is 0.307. The minimum Gasteiger partial charge on any atom is -0.410 e. The minimum absolute atomic E-state index is 0.0432. The molecule has 0 saturated heterocycles. The molecule has 3 heterocycles. The molecule has 0 unspecified atom stereocenters. The molecule has 3 aromatic heterocycles. The zero-order chi connectivity index (χ0) is 15.0. The van der Waals surface area contributed by atoms with Crippen LogP contribution in [-0.4, -0.2) is 24.9 Å². The van der Waals surface area contributed by atoms with Gasteiger partial charge >= 0.3 is 5.69 Å². The number of hydrogen-bond donors (Lipinski definition) is 0. The van der Waals surface area contributed by atoms with Gasteiger partial charge in [0.05, 0.1) is 9.80 Å². The molecule has 0 atom stereocenters. The second-order valence-electron chi connectivity index (χ2n) is 4.07. The smallest absolute Gasteiger partial charge is 0.324 e. The van der Waals surface area contributed by atoms with Crippen molar-refractivity contribution in [1.82, 2.24) is 20.0 Å². The van der Waals surface area contributed by atoms with Crippen LogP contribution in [0.15, 0.2) is 32.2 Å². The zero-order valence-corrected chi connectivity index (χ0v) is 12.6. The third-order valence-electron chi connectivity index (χ3n) is 2.64. The highest BCUT2D eigenvalue weighted by molar-refractivity contribution is 7.99. The molecule has 3 rings (SSSR count). The lowest BCUT2D eigenvalue weighted by Gasteiger charge is -1.96. The molecule has 0 amide bonds. The van der Waals surface area contributed by atoms with Gasteiger partial charge in [-0.15, -0.1) is 21.5 Å². The Bertz CT molecular complexity index is 793. The van der Waals surface area contributed by atoms with Crippen molar-refractivity contribution >= 4 is 28.8 Å². The Kier molecular flexibility index (Phi) is 3.47. The van der Waals surface area contributed by atoms with E-state index in [1.54, 1.807) is 14.0 Å². The van der Waals surface area contributed by atoms with Crippen molar-refractivity contribution in [3.8, 4) is 10.8 Å². The summed E-state index contributed by atoms with van der Waals surface area (Å²) in [6.45, 7) is 1.59. The fourth-order valence-electron chi connectivity index (χ4n) is 1.78. The van der Waals surface area contributed by atoms with Crippen LogP contribution >= 0.6 is 23.1 Å². The molecule has 0 bridgehead atoms. The van der Waals surface area contributed by atoms with E-state index in [1.165, 1.54) is 16.0 Å². The molecule has 21 heavy (non-hydrogen) atoms. The summed E-state index contributed by atoms with van der Waals surface area (Å²) >= 11 is 2.51. The SMILES string of the molecule is Cc1nn(C)c(Sc2nnc(-c3cccs3)o2)c1[N+](=O)[O-]. The van der Waals surface area contributed by atoms with Gasteiger partial charge in [0, 0.05) is 7.05 Å². The van der Waals surface area contributed by atoms with Gasteiger partial charge in [-0.25, -0.2) is 0 Å². The molecule has 8 nitrogen and oxygen atoms in total. The van der Waals surface area contributed by atoms with Crippen molar-refractivity contribution in [2.24, 2.45) is 7.05 Å². The summed E-state index contributed by atoms with van der Waals surface area (Å²) in [6.07, 6.45) is 0. The number of aromatic nitrogens is 4. The number of nitrogens with zero attached hydrogens (tertiary/aromatic N) is 5. The molecule has 0 N–H and O–H groups in total. The van der Waals surface area contributed by atoms with Crippen molar-refractivity contribution in [1.29, 1.82) is 0 Å². The van der Waals surface area contributed by atoms with E-state index in [0.717, 1.165) is 16.6 Å². The summed E-state index contributed by atoms with van der Waals surface area (Å²) in [4.78, 5) is 11.5. The maximum absolute atomic E-state index is 11.1. The molecular weight excluding hydrogens is 314 g/mol. The predicted molar refractivity (Wildman–Crippen MR) is 76.3 cm³/mol. The minimum atomic E-state index is -0.457. The van der Waals surface area contributed by atoms with E-state index in [-0.39, 0.29) is 10.9 Å². The van der Waals surface area contributed by atoms with Gasteiger partial charge in [0.25, 0.3) is 11.1 Å². The highest BCUT2D eigenvalue weighted by Gasteiger charge is 2.26. The number of rotatable bonds is 4. The van der Waals surface area contributed by atoms with Gasteiger partial charge in [0.15, 0.2) is 5.03 Å². The first kappa shape index (κ1) is 13.8. The summed E-state index contributed by atoms with van der Waals surface area (Å²) in [5.74, 6) is 0.397. The normalized spacial score (nSPS) is 11.0. The topological polar surface area (TPSA) is 99.9 Å². The van der Waals surface area contributed by atoms with Gasteiger partial charge in [0.1, 0.15) is 5.69 Å². The second kappa shape index (κ2) is 5.30. The standard InChI is InChI=1S/C11H9N5O3S2/c1-6-8(16(17)18)10(15(2)14-6)21-11-13-12-9(19-11)7-4-3-5-20-7/h3-5H,1-2H3. The van der Waals surface area contributed by atoms with Crippen molar-refractivity contribution < 1.29 is 9.34 Å². The van der Waals surface area contributed by atoms with Gasteiger partial charge in [-0.3, -0.25) is 14.8 Å². The van der Waals surface area contributed by atoms with Gasteiger partial charge in [-0.2, -0.15) is 5.10 Å². The first-order valence-electron chi connectivity index (χ1n) is 5.79. The molecule has 0 aliphatic heterocycles. The van der Waals surface area contributed by atoms with Gasteiger partial charge < -0.3 is 4.42 Å². The van der Waals surface area contributed by atoms with Crippen LogP contribution < -0.4 is 0 Å². The van der Waals surface area contributed by atoms with E-state index in [2.05, 4.69) is 15.3 Å². The van der Waals surface area contributed by atoms with Gasteiger partial charge in [-0.1, -0.05) is 6.07 Å². The number of thiophene rings is 1. The maximum Gasteiger partial charge on any atom is 0.324 e. The first-order chi connectivity index (χ1) is 10.1.